The van der Waals surface area contributed by atoms with E-state index in [4.69, 9.17) is 16.3 Å². The Morgan fingerprint density at radius 3 is 2.75 bits per heavy atom. The number of imide groups is 1. The van der Waals surface area contributed by atoms with Gasteiger partial charge in [0.2, 0.25) is 5.91 Å². The average molecular weight is 356 g/mol. The molecule has 0 atom stereocenters. The Balaban J connectivity index is 2.15. The summed E-state index contributed by atoms with van der Waals surface area (Å²) in [6.07, 6.45) is 0.760. The van der Waals surface area contributed by atoms with Gasteiger partial charge in [-0.1, -0.05) is 31.5 Å². The first-order valence-electron chi connectivity index (χ1n) is 8.01. The van der Waals surface area contributed by atoms with Crippen LogP contribution in [-0.4, -0.2) is 50.1 Å². The fourth-order valence-electron chi connectivity index (χ4n) is 1.91. The predicted molar refractivity (Wildman–Crippen MR) is 95.4 cm³/mol. The molecule has 0 aromatic heterocycles. The number of urea groups is 1. The third-order valence-corrected chi connectivity index (χ3v) is 3.32. The number of carbonyl (C=O) groups is 2. The van der Waals surface area contributed by atoms with E-state index in [0.717, 1.165) is 12.2 Å². The van der Waals surface area contributed by atoms with Crippen LogP contribution in [0.5, 0.6) is 5.75 Å². The standard InChI is InChI=1S/C17H26ClN3O3/c1-13(2)11-19-17(23)20-16(22)12-21(3)8-5-9-24-15-7-4-6-14(18)10-15/h4,6-7,10,13H,5,8-9,11-12H2,1-3H3,(H2,19,20,22,23). The van der Waals surface area contributed by atoms with Crippen molar-refractivity contribution in [2.75, 3.05) is 33.3 Å². The maximum Gasteiger partial charge on any atom is 0.321 e. The first-order valence-corrected chi connectivity index (χ1v) is 8.39. The molecule has 0 fully saturated rings. The van der Waals surface area contributed by atoms with Crippen LogP contribution in [0, 0.1) is 5.92 Å². The highest BCUT2D eigenvalue weighted by atomic mass is 35.5. The van der Waals surface area contributed by atoms with Crippen LogP contribution in [0.2, 0.25) is 5.02 Å². The molecule has 0 aliphatic heterocycles. The number of rotatable bonds is 9. The summed E-state index contributed by atoms with van der Waals surface area (Å²) in [6.45, 7) is 5.88. The van der Waals surface area contributed by atoms with Crippen LogP contribution in [0.3, 0.4) is 0 Å². The number of nitrogens with one attached hydrogen (secondary N) is 2. The maximum absolute atomic E-state index is 11.7. The quantitative estimate of drug-likeness (QED) is 0.668. The van der Waals surface area contributed by atoms with Gasteiger partial charge >= 0.3 is 6.03 Å². The molecule has 0 saturated heterocycles. The summed E-state index contributed by atoms with van der Waals surface area (Å²) < 4.78 is 5.59. The Bertz CT molecular complexity index is 538. The van der Waals surface area contributed by atoms with Crippen LogP contribution in [0.15, 0.2) is 24.3 Å². The van der Waals surface area contributed by atoms with Crippen molar-refractivity contribution < 1.29 is 14.3 Å². The molecule has 2 N–H and O–H groups in total. The highest BCUT2D eigenvalue weighted by Gasteiger charge is 2.10. The molecule has 6 nitrogen and oxygen atoms in total. The van der Waals surface area contributed by atoms with E-state index in [1.807, 2.05) is 37.9 Å². The van der Waals surface area contributed by atoms with Crippen molar-refractivity contribution in [2.24, 2.45) is 5.92 Å². The Labute approximate surface area is 148 Å². The summed E-state index contributed by atoms with van der Waals surface area (Å²) in [5, 5.41) is 5.59. The minimum atomic E-state index is -0.452. The van der Waals surface area contributed by atoms with Gasteiger partial charge in [-0.3, -0.25) is 15.0 Å². The Kier molecular flexibility index (Phi) is 9.19. The SMILES string of the molecule is CC(C)CNC(=O)NC(=O)CN(C)CCCOc1cccc(Cl)c1. The van der Waals surface area contributed by atoms with Gasteiger partial charge < -0.3 is 10.1 Å². The van der Waals surface area contributed by atoms with Gasteiger partial charge in [-0.25, -0.2) is 4.79 Å². The number of halogens is 1. The molecule has 0 bridgehead atoms. The monoisotopic (exact) mass is 355 g/mol. The van der Waals surface area contributed by atoms with Gasteiger partial charge in [0, 0.05) is 18.1 Å². The molecule has 134 valence electrons. The van der Waals surface area contributed by atoms with Crippen molar-refractivity contribution >= 4 is 23.5 Å². The third-order valence-electron chi connectivity index (χ3n) is 3.09. The van der Waals surface area contributed by atoms with Crippen LogP contribution in [0.4, 0.5) is 4.79 Å². The van der Waals surface area contributed by atoms with Crippen molar-refractivity contribution in [2.45, 2.75) is 20.3 Å². The number of hydrogen-bond donors (Lipinski definition) is 2. The molecular weight excluding hydrogens is 330 g/mol. The molecule has 1 aromatic carbocycles. The second-order valence-corrected chi connectivity index (χ2v) is 6.49. The lowest BCUT2D eigenvalue weighted by molar-refractivity contribution is -0.120. The first-order chi connectivity index (χ1) is 11.4. The van der Waals surface area contributed by atoms with Crippen LogP contribution >= 0.6 is 11.6 Å². The largest absolute Gasteiger partial charge is 0.493 e. The Morgan fingerprint density at radius 1 is 1.33 bits per heavy atom. The number of ether oxygens (including phenoxy) is 1. The summed E-state index contributed by atoms with van der Waals surface area (Å²) in [6, 6.07) is 6.77. The van der Waals surface area contributed by atoms with E-state index in [0.29, 0.717) is 30.6 Å². The maximum atomic E-state index is 11.7. The molecule has 0 heterocycles. The van der Waals surface area contributed by atoms with Crippen LogP contribution < -0.4 is 15.4 Å². The molecule has 7 heteroatoms. The summed E-state index contributed by atoms with van der Waals surface area (Å²) in [5.41, 5.74) is 0. The van der Waals surface area contributed by atoms with Gasteiger partial charge in [-0.15, -0.1) is 0 Å². The van der Waals surface area contributed by atoms with E-state index in [1.165, 1.54) is 0 Å². The number of hydrogen-bond acceptors (Lipinski definition) is 4. The van der Waals surface area contributed by atoms with Gasteiger partial charge in [0.05, 0.1) is 13.2 Å². The summed E-state index contributed by atoms with van der Waals surface area (Å²) >= 11 is 5.88. The zero-order valence-corrected chi connectivity index (χ0v) is 15.2. The predicted octanol–water partition coefficient (Wildman–Crippen LogP) is 2.52. The summed E-state index contributed by atoms with van der Waals surface area (Å²) in [5.74, 6) is 0.743. The van der Waals surface area contributed by atoms with Crippen LogP contribution in [-0.2, 0) is 4.79 Å². The minimum Gasteiger partial charge on any atom is -0.493 e. The molecule has 0 saturated carbocycles. The van der Waals surface area contributed by atoms with E-state index in [-0.39, 0.29) is 12.5 Å². The Morgan fingerprint density at radius 2 is 2.08 bits per heavy atom. The average Bonchev–Trinajstić information content (AvgIpc) is 2.49. The van der Waals surface area contributed by atoms with E-state index in [2.05, 4.69) is 10.6 Å². The molecule has 1 aromatic rings. The molecule has 0 spiro atoms. The van der Waals surface area contributed by atoms with Crippen molar-refractivity contribution in [1.29, 1.82) is 0 Å². The van der Waals surface area contributed by atoms with Crippen LogP contribution in [0.25, 0.3) is 0 Å². The summed E-state index contributed by atoms with van der Waals surface area (Å²) in [7, 11) is 1.82. The molecule has 0 aliphatic rings. The van der Waals surface area contributed by atoms with Crippen LogP contribution in [0.1, 0.15) is 20.3 Å². The van der Waals surface area contributed by atoms with Gasteiger partial charge in [0.15, 0.2) is 0 Å². The second kappa shape index (κ2) is 10.9. The molecular formula is C17H26ClN3O3. The molecule has 24 heavy (non-hydrogen) atoms. The van der Waals surface area contributed by atoms with Gasteiger partial charge in [-0.2, -0.15) is 0 Å². The molecule has 0 aliphatic carbocycles. The molecule has 0 unspecified atom stereocenters. The van der Waals surface area contributed by atoms with Crippen molar-refractivity contribution in [3.05, 3.63) is 29.3 Å². The second-order valence-electron chi connectivity index (χ2n) is 6.05. The highest BCUT2D eigenvalue weighted by molar-refractivity contribution is 6.30. The number of benzene rings is 1. The first kappa shape index (κ1) is 20.3. The third kappa shape index (κ3) is 9.37. The highest BCUT2D eigenvalue weighted by Crippen LogP contribution is 2.17. The molecule has 0 radical (unpaired) electrons. The smallest absolute Gasteiger partial charge is 0.321 e. The van der Waals surface area contributed by atoms with E-state index < -0.39 is 6.03 Å². The van der Waals surface area contributed by atoms with Crippen molar-refractivity contribution in [3.8, 4) is 5.75 Å². The molecule has 1 rings (SSSR count). The number of likely N-dealkylation sites (N-methyl/N-ethyl adjacent to an activating group) is 1. The van der Waals surface area contributed by atoms with E-state index >= 15 is 0 Å². The fraction of sp³-hybridized carbons (Fsp3) is 0.529. The number of carbonyl (C=O) groups excluding carboxylic acids is 2. The lowest BCUT2D eigenvalue weighted by Crippen LogP contribution is -2.44. The minimum absolute atomic E-state index is 0.159. The Hall–Kier alpha value is -1.79. The number of nitrogens with zero attached hydrogens (tertiary/aromatic N) is 1. The van der Waals surface area contributed by atoms with Crippen molar-refractivity contribution in [1.82, 2.24) is 15.5 Å². The number of amides is 3. The topological polar surface area (TPSA) is 70.7 Å². The van der Waals surface area contributed by atoms with Gasteiger partial charge in [-0.05, 0) is 37.6 Å². The zero-order chi connectivity index (χ0) is 17.9. The normalized spacial score (nSPS) is 10.8. The molecule has 3 amide bonds. The van der Waals surface area contributed by atoms with E-state index in [9.17, 15) is 9.59 Å². The zero-order valence-electron chi connectivity index (χ0n) is 14.5. The lowest BCUT2D eigenvalue weighted by Gasteiger charge is -2.16. The lowest BCUT2D eigenvalue weighted by atomic mass is 10.2. The van der Waals surface area contributed by atoms with Gasteiger partial charge in [0.1, 0.15) is 5.75 Å². The fourth-order valence-corrected chi connectivity index (χ4v) is 2.09. The van der Waals surface area contributed by atoms with Gasteiger partial charge in [0.25, 0.3) is 0 Å². The van der Waals surface area contributed by atoms with E-state index in [1.54, 1.807) is 12.1 Å². The van der Waals surface area contributed by atoms with Crippen molar-refractivity contribution in [3.63, 3.8) is 0 Å². The summed E-state index contributed by atoms with van der Waals surface area (Å²) in [4.78, 5) is 25.1.